The van der Waals surface area contributed by atoms with Gasteiger partial charge in [-0.3, -0.25) is 4.79 Å². The Bertz CT molecular complexity index is 533. The third kappa shape index (κ3) is 6.77. The first-order valence-electron chi connectivity index (χ1n) is 7.06. The maximum absolute atomic E-state index is 11.8. The molecule has 0 saturated heterocycles. The lowest BCUT2D eigenvalue weighted by molar-refractivity contribution is -0.117. The van der Waals surface area contributed by atoms with Crippen LogP contribution in [0.4, 0.5) is 0 Å². The predicted molar refractivity (Wildman–Crippen MR) is 83.0 cm³/mol. The van der Waals surface area contributed by atoms with Gasteiger partial charge in [-0.15, -0.1) is 0 Å². The quantitative estimate of drug-likeness (QED) is 0.360. The number of hydrogen-bond donors (Lipinski definition) is 3. The van der Waals surface area contributed by atoms with Gasteiger partial charge >= 0.3 is 0 Å². The van der Waals surface area contributed by atoms with Crippen LogP contribution in [0, 0.1) is 11.3 Å². The Morgan fingerprint density at radius 3 is 2.73 bits per heavy atom. The summed E-state index contributed by atoms with van der Waals surface area (Å²) in [5.41, 5.74) is 1.04. The number of phenolic OH excluding ortho intramolecular Hbond substituents is 1. The molecule has 0 saturated carbocycles. The van der Waals surface area contributed by atoms with Crippen molar-refractivity contribution in [3.8, 4) is 11.8 Å². The molecule has 1 aromatic rings. The Balaban J connectivity index is 2.33. The summed E-state index contributed by atoms with van der Waals surface area (Å²) in [4.78, 5) is 11.8. The van der Waals surface area contributed by atoms with Crippen molar-refractivity contribution in [2.75, 3.05) is 26.8 Å². The van der Waals surface area contributed by atoms with Crippen molar-refractivity contribution in [2.24, 2.45) is 0 Å². The minimum Gasteiger partial charge on any atom is -0.508 e. The third-order valence-corrected chi connectivity index (χ3v) is 2.92. The van der Waals surface area contributed by atoms with E-state index in [1.54, 1.807) is 31.4 Å². The molecule has 0 heterocycles. The molecule has 1 amide bonds. The van der Waals surface area contributed by atoms with E-state index in [1.165, 1.54) is 6.20 Å². The fourth-order valence-corrected chi connectivity index (χ4v) is 1.72. The molecular weight excluding hydrogens is 282 g/mol. The van der Waals surface area contributed by atoms with Crippen molar-refractivity contribution in [1.29, 1.82) is 5.26 Å². The molecule has 22 heavy (non-hydrogen) atoms. The monoisotopic (exact) mass is 303 g/mol. The van der Waals surface area contributed by atoms with Crippen molar-refractivity contribution in [1.82, 2.24) is 10.6 Å². The largest absolute Gasteiger partial charge is 0.508 e. The van der Waals surface area contributed by atoms with E-state index in [0.29, 0.717) is 26.1 Å². The zero-order valence-electron chi connectivity index (χ0n) is 12.6. The smallest absolute Gasteiger partial charge is 0.263 e. The number of methoxy groups -OCH3 is 1. The summed E-state index contributed by atoms with van der Waals surface area (Å²) < 4.78 is 4.90. The number of benzene rings is 1. The predicted octanol–water partition coefficient (Wildman–Crippen LogP) is 1.08. The Morgan fingerprint density at radius 1 is 1.36 bits per heavy atom. The highest BCUT2D eigenvalue weighted by atomic mass is 16.5. The van der Waals surface area contributed by atoms with Gasteiger partial charge in [-0.2, -0.15) is 5.26 Å². The number of carbonyl (C=O) groups excluding carboxylic acids is 1. The van der Waals surface area contributed by atoms with Gasteiger partial charge < -0.3 is 20.5 Å². The summed E-state index contributed by atoms with van der Waals surface area (Å²) in [5, 5.41) is 23.8. The Kier molecular flexibility index (Phi) is 8.16. The lowest BCUT2D eigenvalue weighted by atomic mass is 10.1. The average Bonchev–Trinajstić information content (AvgIpc) is 2.52. The molecule has 0 aromatic heterocycles. The standard InChI is InChI=1S/C16H21N3O3/c1-22-10-2-8-18-12-14(11-17)16(21)19-9-7-13-3-5-15(20)6-4-13/h3-6,12,18,20H,2,7-10H2,1H3,(H,19,21)/b14-12-. The molecule has 6 nitrogen and oxygen atoms in total. The fraction of sp³-hybridized carbons (Fsp3) is 0.375. The van der Waals surface area contributed by atoms with Crippen LogP contribution >= 0.6 is 0 Å². The summed E-state index contributed by atoms with van der Waals surface area (Å²) >= 11 is 0. The topological polar surface area (TPSA) is 94.4 Å². The summed E-state index contributed by atoms with van der Waals surface area (Å²) in [6, 6.07) is 8.65. The van der Waals surface area contributed by atoms with Crippen LogP contribution in [0.2, 0.25) is 0 Å². The van der Waals surface area contributed by atoms with Gasteiger partial charge in [0.1, 0.15) is 17.4 Å². The summed E-state index contributed by atoms with van der Waals surface area (Å²) in [5.74, 6) is -0.192. The van der Waals surface area contributed by atoms with E-state index in [0.717, 1.165) is 12.0 Å². The highest BCUT2D eigenvalue weighted by molar-refractivity contribution is 5.97. The van der Waals surface area contributed by atoms with Crippen LogP contribution in [0.1, 0.15) is 12.0 Å². The van der Waals surface area contributed by atoms with Crippen molar-refractivity contribution in [3.05, 3.63) is 41.6 Å². The van der Waals surface area contributed by atoms with E-state index in [1.807, 2.05) is 6.07 Å². The van der Waals surface area contributed by atoms with Crippen LogP contribution in [0.3, 0.4) is 0 Å². The van der Waals surface area contributed by atoms with Gasteiger partial charge in [0.25, 0.3) is 5.91 Å². The molecule has 1 aromatic carbocycles. The Morgan fingerprint density at radius 2 is 2.09 bits per heavy atom. The Labute approximate surface area is 130 Å². The van der Waals surface area contributed by atoms with Gasteiger partial charge in [0.15, 0.2) is 0 Å². The number of aromatic hydroxyl groups is 1. The van der Waals surface area contributed by atoms with E-state index < -0.39 is 5.91 Å². The van der Waals surface area contributed by atoms with Crippen LogP contribution in [0.5, 0.6) is 5.75 Å². The molecule has 1 rings (SSSR count). The second kappa shape index (κ2) is 10.2. The van der Waals surface area contributed by atoms with Crippen molar-refractivity contribution < 1.29 is 14.6 Å². The van der Waals surface area contributed by atoms with Gasteiger partial charge in [-0.1, -0.05) is 12.1 Å². The molecule has 6 heteroatoms. The van der Waals surface area contributed by atoms with Crippen molar-refractivity contribution in [3.63, 3.8) is 0 Å². The van der Waals surface area contributed by atoms with Crippen LogP contribution in [0.15, 0.2) is 36.0 Å². The SMILES string of the molecule is COCCCN/C=C(/C#N)C(=O)NCCc1ccc(O)cc1. The molecule has 118 valence electrons. The molecular formula is C16H21N3O3. The second-order valence-corrected chi connectivity index (χ2v) is 4.64. The molecule has 0 unspecified atom stereocenters. The van der Waals surface area contributed by atoms with Crippen molar-refractivity contribution >= 4 is 5.91 Å². The van der Waals surface area contributed by atoms with Crippen molar-refractivity contribution in [2.45, 2.75) is 12.8 Å². The number of ether oxygens (including phenoxy) is 1. The number of nitriles is 1. The van der Waals surface area contributed by atoms with E-state index in [-0.39, 0.29) is 11.3 Å². The highest BCUT2D eigenvalue weighted by Gasteiger charge is 2.07. The number of amides is 1. The zero-order chi connectivity index (χ0) is 16.2. The van der Waals surface area contributed by atoms with E-state index in [9.17, 15) is 9.90 Å². The highest BCUT2D eigenvalue weighted by Crippen LogP contribution is 2.09. The van der Waals surface area contributed by atoms with Gasteiger partial charge in [0, 0.05) is 33.0 Å². The molecule has 0 aliphatic carbocycles. The lowest BCUT2D eigenvalue weighted by Crippen LogP contribution is -2.27. The minimum absolute atomic E-state index is 0.0446. The Hall–Kier alpha value is -2.52. The molecule has 0 spiro atoms. The minimum atomic E-state index is -0.402. The lowest BCUT2D eigenvalue weighted by Gasteiger charge is -2.05. The first-order valence-corrected chi connectivity index (χ1v) is 7.06. The normalized spacial score (nSPS) is 10.8. The number of hydrogen-bond acceptors (Lipinski definition) is 5. The molecule has 0 radical (unpaired) electrons. The zero-order valence-corrected chi connectivity index (χ0v) is 12.6. The van der Waals surface area contributed by atoms with Gasteiger partial charge in [-0.05, 0) is 30.5 Å². The number of rotatable bonds is 9. The third-order valence-electron chi connectivity index (χ3n) is 2.92. The first kappa shape index (κ1) is 17.5. The number of carbonyl (C=O) groups is 1. The second-order valence-electron chi connectivity index (χ2n) is 4.64. The van der Waals surface area contributed by atoms with Crippen LogP contribution < -0.4 is 10.6 Å². The number of nitrogens with one attached hydrogen (secondary N) is 2. The van der Waals surface area contributed by atoms with E-state index >= 15 is 0 Å². The van der Waals surface area contributed by atoms with Gasteiger partial charge in [-0.25, -0.2) is 0 Å². The van der Waals surface area contributed by atoms with Crippen LogP contribution in [-0.2, 0) is 16.0 Å². The van der Waals surface area contributed by atoms with E-state index in [2.05, 4.69) is 10.6 Å². The van der Waals surface area contributed by atoms with Crippen LogP contribution in [-0.4, -0.2) is 37.8 Å². The van der Waals surface area contributed by atoms with E-state index in [4.69, 9.17) is 10.00 Å². The molecule has 0 bridgehead atoms. The molecule has 0 aliphatic rings. The van der Waals surface area contributed by atoms with Crippen LogP contribution in [0.25, 0.3) is 0 Å². The average molecular weight is 303 g/mol. The van der Waals surface area contributed by atoms with Gasteiger partial charge in [0.2, 0.25) is 0 Å². The fourth-order valence-electron chi connectivity index (χ4n) is 1.72. The molecule has 0 fully saturated rings. The summed E-state index contributed by atoms with van der Waals surface area (Å²) in [6.45, 7) is 1.69. The number of phenols is 1. The number of nitrogens with zero attached hydrogens (tertiary/aromatic N) is 1. The first-order chi connectivity index (χ1) is 10.7. The summed E-state index contributed by atoms with van der Waals surface area (Å²) in [7, 11) is 1.62. The molecule has 0 aliphatic heterocycles. The maximum Gasteiger partial charge on any atom is 0.263 e. The van der Waals surface area contributed by atoms with Gasteiger partial charge in [0.05, 0.1) is 0 Å². The summed E-state index contributed by atoms with van der Waals surface area (Å²) in [6.07, 6.45) is 2.85. The maximum atomic E-state index is 11.8. The molecule has 0 atom stereocenters. The molecule has 3 N–H and O–H groups in total.